The lowest BCUT2D eigenvalue weighted by Gasteiger charge is -2.14. The molecule has 164 valence electrons. The lowest BCUT2D eigenvalue weighted by Crippen LogP contribution is -2.18. The molecule has 0 spiro atoms. The van der Waals surface area contributed by atoms with Crippen LogP contribution in [0.4, 0.5) is 22.7 Å². The number of pyridine rings is 1. The summed E-state index contributed by atoms with van der Waals surface area (Å²) >= 11 is 0. The second kappa shape index (κ2) is 8.77. The Bertz CT molecular complexity index is 1410. The largest absolute Gasteiger partial charge is 0.354 e. The number of fused-ring (bicyclic) bond motifs is 2. The van der Waals surface area contributed by atoms with Gasteiger partial charge in [0.2, 0.25) is 10.0 Å². The van der Waals surface area contributed by atoms with E-state index in [9.17, 15) is 18.5 Å². The predicted molar refractivity (Wildman–Crippen MR) is 127 cm³/mol. The fraction of sp³-hybridized carbons (Fsp3) is 0.136. The number of aromatic nitrogens is 1. The second-order valence-electron chi connectivity index (χ2n) is 7.23. The van der Waals surface area contributed by atoms with E-state index in [1.807, 2.05) is 24.3 Å². The third kappa shape index (κ3) is 4.61. The highest BCUT2D eigenvalue weighted by Crippen LogP contribution is 2.34. The molecular formula is C22H21N5O4S. The van der Waals surface area contributed by atoms with E-state index in [1.165, 1.54) is 12.1 Å². The lowest BCUT2D eigenvalue weighted by molar-refractivity contribution is -0.384. The summed E-state index contributed by atoms with van der Waals surface area (Å²) in [5, 5.41) is 16.1. The van der Waals surface area contributed by atoms with E-state index in [4.69, 9.17) is 5.73 Å². The average molecular weight is 452 g/mol. The van der Waals surface area contributed by atoms with Crippen LogP contribution >= 0.6 is 0 Å². The molecule has 4 rings (SSSR count). The van der Waals surface area contributed by atoms with Gasteiger partial charge in [0, 0.05) is 34.3 Å². The van der Waals surface area contributed by atoms with Crippen LogP contribution in [0.25, 0.3) is 21.8 Å². The third-order valence-corrected chi connectivity index (χ3v) is 6.29. The van der Waals surface area contributed by atoms with Crippen molar-refractivity contribution >= 4 is 54.6 Å². The van der Waals surface area contributed by atoms with Gasteiger partial charge in [-0.3, -0.25) is 14.8 Å². The van der Waals surface area contributed by atoms with Crippen molar-refractivity contribution in [1.82, 2.24) is 4.98 Å². The molecule has 0 bridgehead atoms. The zero-order chi connectivity index (χ0) is 22.7. The van der Waals surface area contributed by atoms with Gasteiger partial charge in [0.1, 0.15) is 0 Å². The minimum Gasteiger partial charge on any atom is -0.354 e. The van der Waals surface area contributed by atoms with Gasteiger partial charge >= 0.3 is 0 Å². The highest BCUT2D eigenvalue weighted by molar-refractivity contribution is 7.92. The summed E-state index contributed by atoms with van der Waals surface area (Å²) in [5.41, 5.74) is 8.50. The van der Waals surface area contributed by atoms with Gasteiger partial charge in [-0.05, 0) is 49.4 Å². The molecule has 0 saturated carbocycles. The SMILES string of the molecule is NCCCS(=O)(=O)Nc1ccc(Nc2c3ccccc3nc3cc([N+](=O)[O-])ccc23)cc1. The summed E-state index contributed by atoms with van der Waals surface area (Å²) < 4.78 is 26.7. The van der Waals surface area contributed by atoms with Crippen molar-refractivity contribution in [3.63, 3.8) is 0 Å². The number of nitro groups is 1. The van der Waals surface area contributed by atoms with Gasteiger partial charge in [-0.25, -0.2) is 13.4 Å². The number of rotatable bonds is 8. The molecule has 0 radical (unpaired) electrons. The van der Waals surface area contributed by atoms with E-state index in [1.54, 1.807) is 30.3 Å². The molecule has 4 aromatic rings. The Hall–Kier alpha value is -3.76. The number of nitro benzene ring substituents is 1. The van der Waals surface area contributed by atoms with E-state index >= 15 is 0 Å². The molecule has 0 aliphatic carbocycles. The normalized spacial score (nSPS) is 11.5. The molecule has 10 heteroatoms. The van der Waals surface area contributed by atoms with Crippen molar-refractivity contribution in [2.24, 2.45) is 5.73 Å². The molecule has 0 aliphatic heterocycles. The quantitative estimate of drug-likeness (QED) is 0.208. The van der Waals surface area contributed by atoms with Crippen molar-refractivity contribution in [2.45, 2.75) is 6.42 Å². The fourth-order valence-electron chi connectivity index (χ4n) is 3.40. The van der Waals surface area contributed by atoms with Crippen LogP contribution in [-0.2, 0) is 10.0 Å². The number of nitrogens with zero attached hydrogens (tertiary/aromatic N) is 2. The lowest BCUT2D eigenvalue weighted by atomic mass is 10.1. The van der Waals surface area contributed by atoms with Crippen LogP contribution in [0.3, 0.4) is 0 Å². The molecule has 0 atom stereocenters. The minimum atomic E-state index is -3.45. The van der Waals surface area contributed by atoms with E-state index in [0.29, 0.717) is 29.7 Å². The molecular weight excluding hydrogens is 430 g/mol. The summed E-state index contributed by atoms with van der Waals surface area (Å²) in [5.74, 6) is -0.0371. The Morgan fingerprint density at radius 2 is 1.62 bits per heavy atom. The standard InChI is InChI=1S/C22H21N5O4S/c23-12-3-13-32(30,31)26-16-8-6-15(7-9-16)24-22-18-4-1-2-5-20(18)25-21-14-17(27(28)29)10-11-19(21)22/h1-2,4-11,14,26H,3,12-13,23H2,(H,24,25). The molecule has 0 amide bonds. The number of sulfonamides is 1. The number of hydrogen-bond acceptors (Lipinski definition) is 7. The maximum absolute atomic E-state index is 12.1. The van der Waals surface area contributed by atoms with E-state index in [0.717, 1.165) is 22.1 Å². The number of non-ortho nitro benzene ring substituents is 1. The van der Waals surface area contributed by atoms with E-state index < -0.39 is 14.9 Å². The molecule has 0 unspecified atom stereocenters. The third-order valence-electron chi connectivity index (χ3n) is 4.92. The van der Waals surface area contributed by atoms with Crippen molar-refractivity contribution in [1.29, 1.82) is 0 Å². The number of anilines is 3. The van der Waals surface area contributed by atoms with Gasteiger partial charge in [0.25, 0.3) is 5.69 Å². The van der Waals surface area contributed by atoms with Gasteiger partial charge in [0.05, 0.1) is 27.4 Å². The number of nitrogens with one attached hydrogen (secondary N) is 2. The molecule has 1 aromatic heterocycles. The summed E-state index contributed by atoms with van der Waals surface area (Å²) in [7, 11) is -3.45. The summed E-state index contributed by atoms with van der Waals surface area (Å²) in [6.07, 6.45) is 0.384. The first-order valence-electron chi connectivity index (χ1n) is 9.91. The summed E-state index contributed by atoms with van der Waals surface area (Å²) in [6.45, 7) is 0.306. The highest BCUT2D eigenvalue weighted by Gasteiger charge is 2.14. The Kier molecular flexibility index (Phi) is 5.89. The Morgan fingerprint density at radius 3 is 2.34 bits per heavy atom. The van der Waals surface area contributed by atoms with Gasteiger partial charge in [-0.15, -0.1) is 0 Å². The molecule has 0 saturated heterocycles. The topological polar surface area (TPSA) is 140 Å². The zero-order valence-corrected chi connectivity index (χ0v) is 17.8. The van der Waals surface area contributed by atoms with Crippen LogP contribution < -0.4 is 15.8 Å². The molecule has 3 aromatic carbocycles. The fourth-order valence-corrected chi connectivity index (χ4v) is 4.54. The molecule has 0 fully saturated rings. The maximum Gasteiger partial charge on any atom is 0.271 e. The van der Waals surface area contributed by atoms with Crippen LogP contribution in [0, 0.1) is 10.1 Å². The van der Waals surface area contributed by atoms with Crippen LogP contribution in [0.15, 0.2) is 66.7 Å². The smallest absolute Gasteiger partial charge is 0.271 e. The number of hydrogen-bond donors (Lipinski definition) is 3. The first-order valence-corrected chi connectivity index (χ1v) is 11.6. The molecule has 9 nitrogen and oxygen atoms in total. The van der Waals surface area contributed by atoms with Crippen molar-refractivity contribution in [3.8, 4) is 0 Å². The minimum absolute atomic E-state index is 0.0301. The second-order valence-corrected chi connectivity index (χ2v) is 9.07. The van der Waals surface area contributed by atoms with E-state index in [-0.39, 0.29) is 11.4 Å². The predicted octanol–water partition coefficient (Wildman–Crippen LogP) is 4.13. The van der Waals surface area contributed by atoms with Crippen molar-refractivity contribution < 1.29 is 13.3 Å². The average Bonchev–Trinajstić information content (AvgIpc) is 2.78. The summed E-state index contributed by atoms with van der Waals surface area (Å²) in [6, 6.07) is 18.9. The first kappa shape index (κ1) is 21.5. The zero-order valence-electron chi connectivity index (χ0n) is 17.0. The Morgan fingerprint density at radius 1 is 0.938 bits per heavy atom. The maximum atomic E-state index is 12.1. The van der Waals surface area contributed by atoms with Crippen LogP contribution in [0.2, 0.25) is 0 Å². The van der Waals surface area contributed by atoms with Crippen LogP contribution in [-0.4, -0.2) is 30.6 Å². The van der Waals surface area contributed by atoms with Crippen LogP contribution in [0.5, 0.6) is 0 Å². The van der Waals surface area contributed by atoms with Crippen LogP contribution in [0.1, 0.15) is 6.42 Å². The monoisotopic (exact) mass is 451 g/mol. The highest BCUT2D eigenvalue weighted by atomic mass is 32.2. The molecule has 1 heterocycles. The molecule has 32 heavy (non-hydrogen) atoms. The van der Waals surface area contributed by atoms with Crippen molar-refractivity contribution in [2.75, 3.05) is 22.3 Å². The van der Waals surface area contributed by atoms with Gasteiger partial charge < -0.3 is 11.1 Å². The number of para-hydroxylation sites is 1. The van der Waals surface area contributed by atoms with Gasteiger partial charge in [-0.1, -0.05) is 18.2 Å². The Labute approximate surface area is 184 Å². The number of nitrogens with two attached hydrogens (primary N) is 1. The number of benzene rings is 3. The van der Waals surface area contributed by atoms with Gasteiger partial charge in [-0.2, -0.15) is 0 Å². The van der Waals surface area contributed by atoms with Gasteiger partial charge in [0.15, 0.2) is 0 Å². The molecule has 4 N–H and O–H groups in total. The van der Waals surface area contributed by atoms with Crippen molar-refractivity contribution in [3.05, 3.63) is 76.8 Å². The Balaban J connectivity index is 1.69. The first-order chi connectivity index (χ1) is 15.4. The van der Waals surface area contributed by atoms with E-state index in [2.05, 4.69) is 15.0 Å². The molecule has 0 aliphatic rings. The summed E-state index contributed by atoms with van der Waals surface area (Å²) in [4.78, 5) is 15.3.